The predicted octanol–water partition coefficient (Wildman–Crippen LogP) is 2.25. The van der Waals surface area contributed by atoms with Crippen molar-refractivity contribution in [1.29, 1.82) is 0 Å². The molecule has 6 nitrogen and oxygen atoms in total. The Hall–Kier alpha value is -3.03. The second kappa shape index (κ2) is 8.00. The van der Waals surface area contributed by atoms with Crippen LogP contribution in [0.15, 0.2) is 42.5 Å². The maximum absolute atomic E-state index is 12.2. The van der Waals surface area contributed by atoms with Crippen LogP contribution in [0.3, 0.4) is 0 Å². The van der Waals surface area contributed by atoms with E-state index in [1.54, 1.807) is 12.1 Å². The quantitative estimate of drug-likeness (QED) is 0.821. The molecule has 0 radical (unpaired) electrons. The minimum atomic E-state index is -2.97. The summed E-state index contributed by atoms with van der Waals surface area (Å²) in [4.78, 5) is 27.8. The lowest BCUT2D eigenvalue weighted by molar-refractivity contribution is -0.136. The van der Waals surface area contributed by atoms with E-state index >= 15 is 0 Å². The summed E-state index contributed by atoms with van der Waals surface area (Å²) in [5.74, 6) is -1.90. The number of ether oxygens (including phenoxy) is 1. The Labute approximate surface area is 136 Å². The summed E-state index contributed by atoms with van der Waals surface area (Å²) in [5, 5.41) is 4.73. The fourth-order valence-corrected chi connectivity index (χ4v) is 1.89. The lowest BCUT2D eigenvalue weighted by atomic mass is 10.3. The van der Waals surface area contributed by atoms with E-state index in [-0.39, 0.29) is 18.0 Å². The number of halogens is 2. The second-order valence-corrected chi connectivity index (χ2v) is 4.81. The number of benzene rings is 1. The van der Waals surface area contributed by atoms with Crippen LogP contribution in [0, 0.1) is 6.92 Å². The molecule has 8 heteroatoms. The van der Waals surface area contributed by atoms with Crippen LogP contribution in [-0.4, -0.2) is 23.4 Å². The van der Waals surface area contributed by atoms with Gasteiger partial charge in [-0.3, -0.25) is 14.6 Å². The van der Waals surface area contributed by atoms with Crippen LogP contribution in [0.4, 0.5) is 14.5 Å². The summed E-state index contributed by atoms with van der Waals surface area (Å²) >= 11 is 0. The van der Waals surface area contributed by atoms with Gasteiger partial charge in [0.25, 0.3) is 0 Å². The van der Waals surface area contributed by atoms with Crippen LogP contribution in [0.25, 0.3) is 0 Å². The third kappa shape index (κ3) is 5.31. The Balaban J connectivity index is 1.90. The molecule has 0 fully saturated rings. The summed E-state index contributed by atoms with van der Waals surface area (Å²) in [6.07, 6.45) is 0. The first-order valence-electron chi connectivity index (χ1n) is 7.00. The highest BCUT2D eigenvalue weighted by molar-refractivity contribution is 6.39. The number of hydrogen-bond acceptors (Lipinski definition) is 4. The number of rotatable bonds is 5. The standard InChI is InChI=1S/C16H15F2N3O3/c1-10-4-2-6-12(20-10)9-19-14(22)15(23)21-11-5-3-7-13(8-11)24-16(17)18/h2-8,16H,9H2,1H3,(H,19,22)(H,21,23). The van der Waals surface area contributed by atoms with Crippen LogP contribution in [0.5, 0.6) is 5.75 Å². The zero-order chi connectivity index (χ0) is 17.5. The van der Waals surface area contributed by atoms with Gasteiger partial charge >= 0.3 is 18.4 Å². The molecule has 1 aromatic carbocycles. The maximum Gasteiger partial charge on any atom is 0.387 e. The molecular weight excluding hydrogens is 320 g/mol. The predicted molar refractivity (Wildman–Crippen MR) is 82.5 cm³/mol. The Kier molecular flexibility index (Phi) is 5.78. The maximum atomic E-state index is 12.2. The Morgan fingerprint density at radius 3 is 2.62 bits per heavy atom. The van der Waals surface area contributed by atoms with Gasteiger partial charge in [-0.1, -0.05) is 12.1 Å². The summed E-state index contributed by atoms with van der Waals surface area (Å²) < 4.78 is 28.5. The van der Waals surface area contributed by atoms with Crippen LogP contribution in [-0.2, 0) is 16.1 Å². The number of carbonyl (C=O) groups is 2. The van der Waals surface area contributed by atoms with Crippen LogP contribution in [0.1, 0.15) is 11.4 Å². The molecule has 0 unspecified atom stereocenters. The zero-order valence-electron chi connectivity index (χ0n) is 12.8. The van der Waals surface area contributed by atoms with Gasteiger partial charge in [0, 0.05) is 17.4 Å². The first-order chi connectivity index (χ1) is 11.4. The summed E-state index contributed by atoms with van der Waals surface area (Å²) in [5.41, 5.74) is 1.58. The minimum absolute atomic E-state index is 0.0997. The van der Waals surface area contributed by atoms with Crippen molar-refractivity contribution in [3.63, 3.8) is 0 Å². The normalized spacial score (nSPS) is 10.3. The first kappa shape index (κ1) is 17.3. The SMILES string of the molecule is Cc1cccc(CNC(=O)C(=O)Nc2cccc(OC(F)F)c2)n1. The van der Waals surface area contributed by atoms with Gasteiger partial charge in [-0.15, -0.1) is 0 Å². The van der Waals surface area contributed by atoms with E-state index in [1.165, 1.54) is 24.3 Å². The van der Waals surface area contributed by atoms with E-state index in [9.17, 15) is 18.4 Å². The highest BCUT2D eigenvalue weighted by Gasteiger charge is 2.14. The van der Waals surface area contributed by atoms with E-state index in [4.69, 9.17) is 0 Å². The zero-order valence-corrected chi connectivity index (χ0v) is 12.8. The fourth-order valence-electron chi connectivity index (χ4n) is 1.89. The molecule has 2 rings (SSSR count). The molecule has 2 aromatic rings. The Morgan fingerprint density at radius 1 is 1.17 bits per heavy atom. The van der Waals surface area contributed by atoms with Crippen molar-refractivity contribution in [1.82, 2.24) is 10.3 Å². The van der Waals surface area contributed by atoms with Gasteiger partial charge in [0.15, 0.2) is 0 Å². The van der Waals surface area contributed by atoms with Crippen LogP contribution < -0.4 is 15.4 Å². The monoisotopic (exact) mass is 335 g/mol. The van der Waals surface area contributed by atoms with Gasteiger partial charge in [0.1, 0.15) is 5.75 Å². The van der Waals surface area contributed by atoms with Crippen molar-refractivity contribution in [2.75, 3.05) is 5.32 Å². The van der Waals surface area contributed by atoms with E-state index in [1.807, 2.05) is 13.0 Å². The third-order valence-electron chi connectivity index (χ3n) is 2.90. The number of aromatic nitrogens is 1. The average molecular weight is 335 g/mol. The van der Waals surface area contributed by atoms with Gasteiger partial charge in [-0.2, -0.15) is 8.78 Å². The third-order valence-corrected chi connectivity index (χ3v) is 2.90. The largest absolute Gasteiger partial charge is 0.435 e. The van der Waals surface area contributed by atoms with Gasteiger partial charge in [-0.25, -0.2) is 0 Å². The van der Waals surface area contributed by atoms with Crippen LogP contribution >= 0.6 is 0 Å². The number of nitrogens with one attached hydrogen (secondary N) is 2. The molecule has 24 heavy (non-hydrogen) atoms. The summed E-state index contributed by atoms with van der Waals surface area (Å²) in [6.45, 7) is -1.06. The molecule has 0 aliphatic rings. The first-order valence-corrected chi connectivity index (χ1v) is 7.00. The number of amides is 2. The second-order valence-electron chi connectivity index (χ2n) is 4.81. The number of aryl methyl sites for hydroxylation is 1. The molecule has 0 aliphatic carbocycles. The number of hydrogen-bond donors (Lipinski definition) is 2. The number of carbonyl (C=O) groups excluding carboxylic acids is 2. The lowest BCUT2D eigenvalue weighted by Gasteiger charge is -2.09. The lowest BCUT2D eigenvalue weighted by Crippen LogP contribution is -2.35. The molecule has 0 atom stereocenters. The van der Waals surface area contributed by atoms with E-state index < -0.39 is 18.4 Å². The van der Waals surface area contributed by atoms with E-state index in [0.717, 1.165) is 5.69 Å². The number of nitrogens with zero attached hydrogens (tertiary/aromatic N) is 1. The molecule has 0 bridgehead atoms. The molecule has 0 saturated heterocycles. The van der Waals surface area contributed by atoms with Gasteiger partial charge < -0.3 is 15.4 Å². The number of alkyl halides is 2. The van der Waals surface area contributed by atoms with E-state index in [0.29, 0.717) is 5.69 Å². The van der Waals surface area contributed by atoms with E-state index in [2.05, 4.69) is 20.4 Å². The topological polar surface area (TPSA) is 80.3 Å². The van der Waals surface area contributed by atoms with Crippen molar-refractivity contribution >= 4 is 17.5 Å². The average Bonchev–Trinajstić information content (AvgIpc) is 2.52. The van der Waals surface area contributed by atoms with Gasteiger partial charge in [0.05, 0.1) is 12.2 Å². The molecule has 0 saturated carbocycles. The highest BCUT2D eigenvalue weighted by atomic mass is 19.3. The van der Waals surface area contributed by atoms with Crippen molar-refractivity contribution in [3.8, 4) is 5.75 Å². The Bertz CT molecular complexity index is 738. The summed E-state index contributed by atoms with van der Waals surface area (Å²) in [6, 6.07) is 10.7. The molecule has 0 spiro atoms. The van der Waals surface area contributed by atoms with Crippen molar-refractivity contribution < 1.29 is 23.1 Å². The molecular formula is C16H15F2N3O3. The fraction of sp³-hybridized carbons (Fsp3) is 0.188. The van der Waals surface area contributed by atoms with Gasteiger partial charge in [-0.05, 0) is 31.2 Å². The Morgan fingerprint density at radius 2 is 1.92 bits per heavy atom. The molecule has 2 amide bonds. The number of pyridine rings is 1. The molecule has 0 aliphatic heterocycles. The van der Waals surface area contributed by atoms with Crippen molar-refractivity contribution in [3.05, 3.63) is 53.9 Å². The molecule has 2 N–H and O–H groups in total. The smallest absolute Gasteiger partial charge is 0.387 e. The molecule has 126 valence electrons. The van der Waals surface area contributed by atoms with Crippen molar-refractivity contribution in [2.45, 2.75) is 20.1 Å². The minimum Gasteiger partial charge on any atom is -0.435 e. The molecule has 1 heterocycles. The molecule has 1 aromatic heterocycles. The van der Waals surface area contributed by atoms with Crippen LogP contribution in [0.2, 0.25) is 0 Å². The van der Waals surface area contributed by atoms with Gasteiger partial charge in [0.2, 0.25) is 0 Å². The highest BCUT2D eigenvalue weighted by Crippen LogP contribution is 2.19. The van der Waals surface area contributed by atoms with Crippen molar-refractivity contribution in [2.24, 2.45) is 0 Å². The number of anilines is 1. The summed E-state index contributed by atoms with van der Waals surface area (Å²) in [7, 11) is 0.